The van der Waals surface area contributed by atoms with Crippen LogP contribution < -0.4 is 5.32 Å². The summed E-state index contributed by atoms with van der Waals surface area (Å²) in [6.07, 6.45) is 4.21. The van der Waals surface area contributed by atoms with Crippen LogP contribution in [-0.2, 0) is 0 Å². The lowest BCUT2D eigenvalue weighted by Crippen LogP contribution is -2.53. The molecule has 0 radical (unpaired) electrons. The predicted octanol–water partition coefficient (Wildman–Crippen LogP) is 0.374. The molecule has 3 heteroatoms. The monoisotopic (exact) mass is 197 g/mol. The second-order valence-electron chi connectivity index (χ2n) is 4.82. The highest BCUT2D eigenvalue weighted by atomic mass is 15.3. The molecular formula is C11H23N3. The molecule has 14 heavy (non-hydrogen) atoms. The van der Waals surface area contributed by atoms with Crippen LogP contribution in [0.4, 0.5) is 0 Å². The van der Waals surface area contributed by atoms with Crippen LogP contribution in [-0.4, -0.2) is 62.2 Å². The summed E-state index contributed by atoms with van der Waals surface area (Å²) in [4.78, 5) is 5.11. The highest BCUT2D eigenvalue weighted by molar-refractivity contribution is 4.91. The van der Waals surface area contributed by atoms with Crippen LogP contribution in [0.25, 0.3) is 0 Å². The first-order valence-corrected chi connectivity index (χ1v) is 5.90. The van der Waals surface area contributed by atoms with Gasteiger partial charge in [-0.3, -0.25) is 4.90 Å². The van der Waals surface area contributed by atoms with Gasteiger partial charge in [0.1, 0.15) is 0 Å². The minimum absolute atomic E-state index is 0.799. The van der Waals surface area contributed by atoms with Gasteiger partial charge >= 0.3 is 0 Å². The highest BCUT2D eigenvalue weighted by Crippen LogP contribution is 2.27. The van der Waals surface area contributed by atoms with Gasteiger partial charge < -0.3 is 10.2 Å². The number of rotatable bonds is 2. The fourth-order valence-corrected chi connectivity index (χ4v) is 2.96. The van der Waals surface area contributed by atoms with Gasteiger partial charge in [-0.2, -0.15) is 0 Å². The van der Waals surface area contributed by atoms with Crippen molar-refractivity contribution in [3.05, 3.63) is 0 Å². The lowest BCUT2D eigenvalue weighted by atomic mass is 10.1. The van der Waals surface area contributed by atoms with Gasteiger partial charge in [-0.15, -0.1) is 0 Å². The van der Waals surface area contributed by atoms with Crippen LogP contribution in [0.3, 0.4) is 0 Å². The fourth-order valence-electron chi connectivity index (χ4n) is 2.96. The van der Waals surface area contributed by atoms with E-state index in [0.29, 0.717) is 0 Å². The summed E-state index contributed by atoms with van der Waals surface area (Å²) in [5.74, 6) is 0. The van der Waals surface area contributed by atoms with E-state index < -0.39 is 0 Å². The molecule has 82 valence electrons. The number of hydrogen-bond acceptors (Lipinski definition) is 3. The van der Waals surface area contributed by atoms with E-state index in [4.69, 9.17) is 0 Å². The molecule has 0 unspecified atom stereocenters. The van der Waals surface area contributed by atoms with E-state index in [1.54, 1.807) is 0 Å². The maximum absolute atomic E-state index is 3.43. The lowest BCUT2D eigenvalue weighted by molar-refractivity contribution is 0.114. The third-order valence-corrected chi connectivity index (χ3v) is 3.73. The Morgan fingerprint density at radius 1 is 1.14 bits per heavy atom. The molecule has 2 aliphatic rings. The summed E-state index contributed by atoms with van der Waals surface area (Å²) in [5.41, 5.74) is 0. The van der Waals surface area contributed by atoms with Crippen LogP contribution in [0.1, 0.15) is 19.3 Å². The van der Waals surface area contributed by atoms with Crippen molar-refractivity contribution in [3.8, 4) is 0 Å². The standard InChI is InChI=1S/C11H23N3/c1-13(2)10-4-3-5-11(10)14-8-6-12-7-9-14/h10-12H,3-9H2,1-2H3/t10-,11+/m1/s1. The Labute approximate surface area is 87.4 Å². The van der Waals surface area contributed by atoms with Gasteiger partial charge in [0.15, 0.2) is 0 Å². The smallest absolute Gasteiger partial charge is 0.0252 e. The van der Waals surface area contributed by atoms with Crippen molar-refractivity contribution in [2.75, 3.05) is 40.3 Å². The van der Waals surface area contributed by atoms with Crippen molar-refractivity contribution in [1.29, 1.82) is 0 Å². The van der Waals surface area contributed by atoms with E-state index in [-0.39, 0.29) is 0 Å². The summed E-state index contributed by atoms with van der Waals surface area (Å²) < 4.78 is 0. The minimum atomic E-state index is 0.799. The zero-order valence-electron chi connectivity index (χ0n) is 9.50. The summed E-state index contributed by atoms with van der Waals surface area (Å²) in [5, 5.41) is 3.43. The molecule has 3 nitrogen and oxygen atoms in total. The maximum Gasteiger partial charge on any atom is 0.0252 e. The second-order valence-corrected chi connectivity index (χ2v) is 4.82. The number of nitrogens with zero attached hydrogens (tertiary/aromatic N) is 2. The van der Waals surface area contributed by atoms with Crippen LogP contribution in [0, 0.1) is 0 Å². The van der Waals surface area contributed by atoms with Crippen LogP contribution in [0.5, 0.6) is 0 Å². The minimum Gasteiger partial charge on any atom is -0.314 e. The topological polar surface area (TPSA) is 18.5 Å². The first-order valence-electron chi connectivity index (χ1n) is 5.90. The van der Waals surface area contributed by atoms with Crippen LogP contribution in [0.2, 0.25) is 0 Å². The third-order valence-electron chi connectivity index (χ3n) is 3.73. The molecule has 2 atom stereocenters. The Bertz CT molecular complexity index is 175. The molecule has 0 spiro atoms. The molecule has 0 aromatic heterocycles. The Morgan fingerprint density at radius 2 is 1.86 bits per heavy atom. The molecule has 0 aromatic carbocycles. The predicted molar refractivity (Wildman–Crippen MR) is 59.6 cm³/mol. The molecule has 0 bridgehead atoms. The molecule has 0 aromatic rings. The molecule has 2 rings (SSSR count). The molecular weight excluding hydrogens is 174 g/mol. The fraction of sp³-hybridized carbons (Fsp3) is 1.00. The van der Waals surface area contributed by atoms with E-state index in [9.17, 15) is 0 Å². The van der Waals surface area contributed by atoms with Crippen molar-refractivity contribution in [1.82, 2.24) is 15.1 Å². The molecule has 1 aliphatic heterocycles. The molecule has 0 amide bonds. The number of likely N-dealkylation sites (N-methyl/N-ethyl adjacent to an activating group) is 1. The van der Waals surface area contributed by atoms with E-state index >= 15 is 0 Å². The van der Waals surface area contributed by atoms with Crippen LogP contribution >= 0.6 is 0 Å². The number of hydrogen-bond donors (Lipinski definition) is 1. The van der Waals surface area contributed by atoms with Gasteiger partial charge in [0.05, 0.1) is 0 Å². The Hall–Kier alpha value is -0.120. The van der Waals surface area contributed by atoms with Gasteiger partial charge in [-0.25, -0.2) is 0 Å². The molecule has 1 saturated carbocycles. The highest BCUT2D eigenvalue weighted by Gasteiger charge is 2.33. The van der Waals surface area contributed by atoms with Crippen molar-refractivity contribution in [3.63, 3.8) is 0 Å². The Balaban J connectivity index is 1.94. The van der Waals surface area contributed by atoms with Gasteiger partial charge in [0.2, 0.25) is 0 Å². The van der Waals surface area contributed by atoms with E-state index in [1.165, 1.54) is 45.4 Å². The quantitative estimate of drug-likeness (QED) is 0.690. The molecule has 1 heterocycles. The average Bonchev–Trinajstić information content (AvgIpc) is 2.67. The summed E-state index contributed by atoms with van der Waals surface area (Å²) in [6, 6.07) is 1.63. The van der Waals surface area contributed by atoms with Crippen molar-refractivity contribution < 1.29 is 0 Å². The summed E-state index contributed by atoms with van der Waals surface area (Å²) in [6.45, 7) is 4.84. The zero-order chi connectivity index (χ0) is 9.97. The zero-order valence-corrected chi connectivity index (χ0v) is 9.50. The summed E-state index contributed by atoms with van der Waals surface area (Å²) in [7, 11) is 4.45. The number of nitrogens with one attached hydrogen (secondary N) is 1. The third kappa shape index (κ3) is 2.10. The lowest BCUT2D eigenvalue weighted by Gasteiger charge is -2.38. The van der Waals surface area contributed by atoms with E-state index in [1.807, 2.05) is 0 Å². The maximum atomic E-state index is 3.43. The molecule has 2 fully saturated rings. The van der Waals surface area contributed by atoms with Crippen molar-refractivity contribution in [2.24, 2.45) is 0 Å². The number of piperazine rings is 1. The normalized spacial score (nSPS) is 35.4. The van der Waals surface area contributed by atoms with E-state index in [2.05, 4.69) is 29.2 Å². The first kappa shape index (κ1) is 10.4. The van der Waals surface area contributed by atoms with Gasteiger partial charge in [0.25, 0.3) is 0 Å². The largest absolute Gasteiger partial charge is 0.314 e. The first-order chi connectivity index (χ1) is 6.79. The molecule has 1 aliphatic carbocycles. The van der Waals surface area contributed by atoms with Gasteiger partial charge in [-0.1, -0.05) is 6.42 Å². The molecule has 1 saturated heterocycles. The van der Waals surface area contributed by atoms with Gasteiger partial charge in [-0.05, 0) is 26.9 Å². The Kier molecular flexibility index (Phi) is 3.42. The second kappa shape index (κ2) is 4.60. The SMILES string of the molecule is CN(C)[C@@H]1CCC[C@@H]1N1CCNCC1. The van der Waals surface area contributed by atoms with Crippen molar-refractivity contribution in [2.45, 2.75) is 31.3 Å². The average molecular weight is 197 g/mol. The van der Waals surface area contributed by atoms with Crippen LogP contribution in [0.15, 0.2) is 0 Å². The summed E-state index contributed by atoms with van der Waals surface area (Å²) >= 11 is 0. The molecule has 1 N–H and O–H groups in total. The van der Waals surface area contributed by atoms with Crippen molar-refractivity contribution >= 4 is 0 Å². The van der Waals surface area contributed by atoms with E-state index in [0.717, 1.165) is 12.1 Å². The Morgan fingerprint density at radius 3 is 2.50 bits per heavy atom. The van der Waals surface area contributed by atoms with Gasteiger partial charge in [0, 0.05) is 38.3 Å².